The van der Waals surface area contributed by atoms with Crippen molar-refractivity contribution >= 4 is 18.4 Å². The zero-order chi connectivity index (χ0) is 19.1. The number of nitrogens with zero attached hydrogens (tertiary/aromatic N) is 4. The SMILES string of the molecule is CN(CC(=O)O)C1CCCN(Cc2nc(CCc3ccccc3)no2)CC1.Cl. The van der Waals surface area contributed by atoms with E-state index < -0.39 is 5.97 Å². The number of halogens is 1. The number of aromatic nitrogens is 2. The summed E-state index contributed by atoms with van der Waals surface area (Å²) in [6, 6.07) is 10.6. The Labute approximate surface area is 172 Å². The van der Waals surface area contributed by atoms with E-state index in [0.717, 1.165) is 51.0 Å². The summed E-state index contributed by atoms with van der Waals surface area (Å²) < 4.78 is 5.43. The van der Waals surface area contributed by atoms with Crippen LogP contribution in [-0.2, 0) is 24.2 Å². The summed E-state index contributed by atoms with van der Waals surface area (Å²) in [6.07, 6.45) is 4.70. The summed E-state index contributed by atoms with van der Waals surface area (Å²) in [7, 11) is 1.89. The fourth-order valence-electron chi connectivity index (χ4n) is 3.63. The van der Waals surface area contributed by atoms with Gasteiger partial charge in [0.2, 0.25) is 5.89 Å². The fraction of sp³-hybridized carbons (Fsp3) is 0.550. The molecule has 1 atom stereocenters. The lowest BCUT2D eigenvalue weighted by molar-refractivity contribution is -0.138. The van der Waals surface area contributed by atoms with Crippen molar-refractivity contribution in [2.24, 2.45) is 0 Å². The minimum absolute atomic E-state index is 0. The first-order valence-electron chi connectivity index (χ1n) is 9.60. The molecule has 28 heavy (non-hydrogen) atoms. The molecule has 2 aromatic rings. The molecule has 1 aliphatic heterocycles. The van der Waals surface area contributed by atoms with E-state index in [1.54, 1.807) is 0 Å². The molecule has 0 saturated carbocycles. The summed E-state index contributed by atoms with van der Waals surface area (Å²) in [5.41, 5.74) is 1.27. The molecule has 1 aromatic heterocycles. The van der Waals surface area contributed by atoms with E-state index in [9.17, 15) is 4.79 Å². The molecule has 154 valence electrons. The first-order valence-corrected chi connectivity index (χ1v) is 9.60. The summed E-state index contributed by atoms with van der Waals surface area (Å²) in [5, 5.41) is 13.1. The van der Waals surface area contributed by atoms with Crippen LogP contribution in [-0.4, -0.2) is 63.7 Å². The van der Waals surface area contributed by atoms with Crippen LogP contribution in [0.25, 0.3) is 0 Å². The van der Waals surface area contributed by atoms with Gasteiger partial charge in [-0.05, 0) is 44.8 Å². The van der Waals surface area contributed by atoms with E-state index >= 15 is 0 Å². The molecule has 0 spiro atoms. The van der Waals surface area contributed by atoms with Gasteiger partial charge in [-0.25, -0.2) is 0 Å². The van der Waals surface area contributed by atoms with Gasteiger partial charge >= 0.3 is 5.97 Å². The van der Waals surface area contributed by atoms with Gasteiger partial charge in [0.25, 0.3) is 0 Å². The second-order valence-electron chi connectivity index (χ2n) is 7.26. The van der Waals surface area contributed by atoms with Crippen LogP contribution in [0.2, 0.25) is 0 Å². The number of rotatable bonds is 8. The number of carbonyl (C=O) groups is 1. The molecule has 1 unspecified atom stereocenters. The molecular weight excluding hydrogens is 380 g/mol. The van der Waals surface area contributed by atoms with Gasteiger partial charge in [-0.1, -0.05) is 35.5 Å². The summed E-state index contributed by atoms with van der Waals surface area (Å²) in [5.74, 6) is 0.644. The Morgan fingerprint density at radius 3 is 2.79 bits per heavy atom. The van der Waals surface area contributed by atoms with E-state index in [2.05, 4.69) is 27.2 Å². The maximum Gasteiger partial charge on any atom is 0.317 e. The van der Waals surface area contributed by atoms with Crippen LogP contribution in [0.3, 0.4) is 0 Å². The second-order valence-corrected chi connectivity index (χ2v) is 7.26. The summed E-state index contributed by atoms with van der Waals surface area (Å²) in [6.45, 7) is 2.64. The predicted molar refractivity (Wildman–Crippen MR) is 109 cm³/mol. The van der Waals surface area contributed by atoms with Gasteiger partial charge in [-0.3, -0.25) is 14.6 Å². The lowest BCUT2D eigenvalue weighted by Crippen LogP contribution is -2.36. The fourth-order valence-corrected chi connectivity index (χ4v) is 3.63. The first kappa shape index (κ1) is 22.3. The first-order chi connectivity index (χ1) is 13.1. The lowest BCUT2D eigenvalue weighted by Gasteiger charge is -2.25. The van der Waals surface area contributed by atoms with Gasteiger partial charge in [0.15, 0.2) is 5.82 Å². The molecule has 3 rings (SSSR count). The number of carboxylic acid groups (broad SMARTS) is 1. The van der Waals surface area contributed by atoms with Crippen LogP contribution < -0.4 is 0 Å². The standard InChI is InChI=1S/C20H28N4O3.ClH/c1-23(15-20(25)26)17-8-5-12-24(13-11-17)14-19-21-18(22-27-19)10-9-16-6-3-2-4-7-16;/h2-4,6-7,17H,5,8-15H2,1H3,(H,25,26);1H. The van der Waals surface area contributed by atoms with Crippen LogP contribution >= 0.6 is 12.4 Å². The predicted octanol–water partition coefficient (Wildman–Crippen LogP) is 2.65. The third-order valence-electron chi connectivity index (χ3n) is 5.15. The molecule has 1 saturated heterocycles. The molecule has 0 radical (unpaired) electrons. The van der Waals surface area contributed by atoms with Gasteiger partial charge in [0.1, 0.15) is 0 Å². The number of benzene rings is 1. The van der Waals surface area contributed by atoms with Crippen LogP contribution in [0, 0.1) is 0 Å². The van der Waals surface area contributed by atoms with Crippen LogP contribution in [0.4, 0.5) is 0 Å². The van der Waals surface area contributed by atoms with Crippen molar-refractivity contribution in [3.63, 3.8) is 0 Å². The van der Waals surface area contributed by atoms with Crippen molar-refractivity contribution < 1.29 is 14.4 Å². The minimum Gasteiger partial charge on any atom is -0.480 e. The number of carboxylic acids is 1. The Hall–Kier alpha value is -1.96. The van der Waals surface area contributed by atoms with E-state index in [1.165, 1.54) is 5.56 Å². The molecule has 2 heterocycles. The quantitative estimate of drug-likeness (QED) is 0.718. The van der Waals surface area contributed by atoms with Crippen molar-refractivity contribution in [2.75, 3.05) is 26.7 Å². The molecule has 1 aromatic carbocycles. The maximum absolute atomic E-state index is 10.9. The van der Waals surface area contributed by atoms with Crippen LogP contribution in [0.15, 0.2) is 34.9 Å². The Morgan fingerprint density at radius 1 is 1.25 bits per heavy atom. The number of likely N-dealkylation sites (N-methyl/N-ethyl adjacent to an activating group) is 1. The Kier molecular flexibility index (Phi) is 8.89. The van der Waals surface area contributed by atoms with Crippen molar-refractivity contribution in [3.05, 3.63) is 47.6 Å². The highest BCUT2D eigenvalue weighted by Crippen LogP contribution is 2.17. The van der Waals surface area contributed by atoms with Crippen molar-refractivity contribution in [3.8, 4) is 0 Å². The molecule has 8 heteroatoms. The molecule has 0 bridgehead atoms. The minimum atomic E-state index is -0.771. The monoisotopic (exact) mass is 408 g/mol. The number of hydrogen-bond donors (Lipinski definition) is 1. The van der Waals surface area contributed by atoms with Crippen molar-refractivity contribution in [1.82, 2.24) is 19.9 Å². The molecule has 1 aliphatic rings. The lowest BCUT2D eigenvalue weighted by atomic mass is 10.1. The zero-order valence-electron chi connectivity index (χ0n) is 16.3. The smallest absolute Gasteiger partial charge is 0.317 e. The molecule has 1 fully saturated rings. The normalized spacial score (nSPS) is 17.9. The largest absolute Gasteiger partial charge is 0.480 e. The average molecular weight is 409 g/mol. The molecular formula is C20H29ClN4O3. The van der Waals surface area contributed by atoms with E-state index in [0.29, 0.717) is 18.5 Å². The Balaban J connectivity index is 0.00000280. The molecule has 7 nitrogen and oxygen atoms in total. The summed E-state index contributed by atoms with van der Waals surface area (Å²) in [4.78, 5) is 19.7. The van der Waals surface area contributed by atoms with Gasteiger partial charge < -0.3 is 9.63 Å². The summed E-state index contributed by atoms with van der Waals surface area (Å²) >= 11 is 0. The molecule has 1 N–H and O–H groups in total. The van der Waals surface area contributed by atoms with Gasteiger partial charge in [0.05, 0.1) is 13.1 Å². The number of likely N-dealkylation sites (tertiary alicyclic amines) is 1. The maximum atomic E-state index is 10.9. The van der Waals surface area contributed by atoms with Crippen LogP contribution in [0.1, 0.15) is 36.5 Å². The highest BCUT2D eigenvalue weighted by atomic mass is 35.5. The Morgan fingerprint density at radius 2 is 2.04 bits per heavy atom. The van der Waals surface area contributed by atoms with Gasteiger partial charge in [0, 0.05) is 19.0 Å². The van der Waals surface area contributed by atoms with Gasteiger partial charge in [-0.2, -0.15) is 4.98 Å². The highest BCUT2D eigenvalue weighted by molar-refractivity contribution is 5.85. The Bertz CT molecular complexity index is 725. The third-order valence-corrected chi connectivity index (χ3v) is 5.15. The topological polar surface area (TPSA) is 82.7 Å². The molecule has 0 amide bonds. The van der Waals surface area contributed by atoms with Crippen LogP contribution in [0.5, 0.6) is 0 Å². The number of aryl methyl sites for hydroxylation is 2. The van der Waals surface area contributed by atoms with Crippen molar-refractivity contribution in [2.45, 2.75) is 44.7 Å². The van der Waals surface area contributed by atoms with Gasteiger partial charge in [-0.15, -0.1) is 12.4 Å². The average Bonchev–Trinajstić information content (AvgIpc) is 2.96. The van der Waals surface area contributed by atoms with E-state index in [4.69, 9.17) is 9.63 Å². The van der Waals surface area contributed by atoms with Crippen molar-refractivity contribution in [1.29, 1.82) is 0 Å². The van der Waals surface area contributed by atoms with E-state index in [-0.39, 0.29) is 19.0 Å². The second kappa shape index (κ2) is 11.1. The number of aliphatic carboxylic acids is 1. The van der Waals surface area contributed by atoms with E-state index in [1.807, 2.05) is 30.1 Å². The highest BCUT2D eigenvalue weighted by Gasteiger charge is 2.22. The number of hydrogen-bond acceptors (Lipinski definition) is 6. The molecule has 0 aliphatic carbocycles. The third kappa shape index (κ3) is 6.89. The zero-order valence-corrected chi connectivity index (χ0v) is 17.1.